The quantitative estimate of drug-likeness (QED) is 0.621. The van der Waals surface area contributed by atoms with E-state index in [1.807, 2.05) is 0 Å². The predicted octanol–water partition coefficient (Wildman–Crippen LogP) is 4.06. The minimum Gasteiger partial charge on any atom is -0.480 e. The highest BCUT2D eigenvalue weighted by Crippen LogP contribution is 2.32. The lowest BCUT2D eigenvalue weighted by Crippen LogP contribution is -2.23. The molecule has 2 aromatic carbocycles. The number of carboxylic acid groups (broad SMARTS) is 1. The monoisotopic (exact) mass is 429 g/mol. The van der Waals surface area contributed by atoms with Gasteiger partial charge in [-0.25, -0.2) is 12.8 Å². The van der Waals surface area contributed by atoms with E-state index in [-0.39, 0.29) is 13.0 Å². The summed E-state index contributed by atoms with van der Waals surface area (Å²) in [5, 5.41) is 9.62. The number of aromatic nitrogens is 1. The normalized spacial score (nSPS) is 12.4. The zero-order valence-electron chi connectivity index (χ0n) is 15.0. The first-order valence-corrected chi connectivity index (χ1v) is 9.79. The van der Waals surface area contributed by atoms with Crippen LogP contribution in [0.1, 0.15) is 16.8 Å². The summed E-state index contributed by atoms with van der Waals surface area (Å²) in [4.78, 5) is 10.3. The zero-order valence-corrected chi connectivity index (χ0v) is 15.8. The lowest BCUT2D eigenvalue weighted by atomic mass is 10.0. The third-order valence-corrected chi connectivity index (χ3v) is 6.13. The van der Waals surface area contributed by atoms with Crippen LogP contribution in [0.5, 0.6) is 0 Å². The van der Waals surface area contributed by atoms with E-state index in [1.165, 1.54) is 34.9 Å². The van der Waals surface area contributed by atoms with E-state index in [2.05, 4.69) is 0 Å². The van der Waals surface area contributed by atoms with Crippen LogP contribution in [0.15, 0.2) is 47.4 Å². The summed E-state index contributed by atoms with van der Waals surface area (Å²) in [5.74, 6) is -1.60. The SMILES string of the molecule is Cc1c(Cc2ccc(S(=O)(=O)C(F)(F)F)cc2)c2cc(F)ccc2n1CC(=O)O. The van der Waals surface area contributed by atoms with E-state index in [4.69, 9.17) is 5.11 Å². The fourth-order valence-electron chi connectivity index (χ4n) is 3.21. The molecule has 0 unspecified atom stereocenters. The third kappa shape index (κ3) is 3.84. The first kappa shape index (κ1) is 20.8. The van der Waals surface area contributed by atoms with Crippen molar-refractivity contribution in [2.24, 2.45) is 0 Å². The maximum atomic E-state index is 13.8. The van der Waals surface area contributed by atoms with E-state index in [0.717, 1.165) is 12.1 Å². The smallest absolute Gasteiger partial charge is 0.480 e. The Morgan fingerprint density at radius 1 is 1.10 bits per heavy atom. The Kier molecular flexibility index (Phi) is 5.16. The summed E-state index contributed by atoms with van der Waals surface area (Å²) in [6.07, 6.45) is 0.157. The van der Waals surface area contributed by atoms with E-state index in [0.29, 0.717) is 27.7 Å². The Bertz CT molecular complexity index is 1200. The molecule has 3 rings (SSSR count). The largest absolute Gasteiger partial charge is 0.501 e. The standard InChI is InChI=1S/C19H15F4NO4S/c1-11-15(16-9-13(20)4-7-17(16)24(11)10-18(25)26)8-12-2-5-14(6-3-12)29(27,28)19(21,22)23/h2-7,9H,8,10H2,1H3,(H,25,26). The van der Waals surface area contributed by atoms with Crippen molar-refractivity contribution in [2.45, 2.75) is 30.3 Å². The van der Waals surface area contributed by atoms with Gasteiger partial charge in [0.05, 0.1) is 4.90 Å². The van der Waals surface area contributed by atoms with Crippen molar-refractivity contribution in [3.05, 3.63) is 65.1 Å². The van der Waals surface area contributed by atoms with Gasteiger partial charge in [0.2, 0.25) is 0 Å². The van der Waals surface area contributed by atoms with Gasteiger partial charge in [-0.1, -0.05) is 12.1 Å². The Hall–Kier alpha value is -2.88. The van der Waals surface area contributed by atoms with Crippen LogP contribution in [0.2, 0.25) is 0 Å². The number of halogens is 4. The van der Waals surface area contributed by atoms with Gasteiger partial charge < -0.3 is 9.67 Å². The summed E-state index contributed by atoms with van der Waals surface area (Å²) in [6.45, 7) is 1.33. The van der Waals surface area contributed by atoms with Crippen LogP contribution < -0.4 is 0 Å². The first-order chi connectivity index (χ1) is 13.4. The molecular formula is C19H15F4NO4S. The second-order valence-electron chi connectivity index (χ2n) is 6.48. The van der Waals surface area contributed by atoms with Gasteiger partial charge >= 0.3 is 11.5 Å². The third-order valence-electron chi connectivity index (χ3n) is 4.63. The van der Waals surface area contributed by atoms with Crippen LogP contribution in [0.3, 0.4) is 0 Å². The number of alkyl halides is 3. The van der Waals surface area contributed by atoms with Gasteiger partial charge in [-0.3, -0.25) is 4.79 Å². The number of fused-ring (bicyclic) bond motifs is 1. The summed E-state index contributed by atoms with van der Waals surface area (Å²) < 4.78 is 76.2. The summed E-state index contributed by atoms with van der Waals surface area (Å²) >= 11 is 0. The number of hydrogen-bond donors (Lipinski definition) is 1. The molecule has 3 aromatic rings. The molecule has 0 aliphatic carbocycles. The van der Waals surface area contributed by atoms with Crippen molar-refractivity contribution in [1.29, 1.82) is 0 Å². The van der Waals surface area contributed by atoms with Gasteiger partial charge in [0.1, 0.15) is 12.4 Å². The van der Waals surface area contributed by atoms with Crippen molar-refractivity contribution in [1.82, 2.24) is 4.57 Å². The number of aliphatic carboxylic acids is 1. The number of carbonyl (C=O) groups is 1. The van der Waals surface area contributed by atoms with Gasteiger partial charge in [-0.2, -0.15) is 13.2 Å². The molecule has 10 heteroatoms. The number of sulfone groups is 1. The predicted molar refractivity (Wildman–Crippen MR) is 96.8 cm³/mol. The van der Waals surface area contributed by atoms with Crippen molar-refractivity contribution >= 4 is 26.7 Å². The van der Waals surface area contributed by atoms with E-state index in [1.54, 1.807) is 6.92 Å². The number of nitrogens with zero attached hydrogens (tertiary/aromatic N) is 1. The van der Waals surface area contributed by atoms with Gasteiger partial charge in [0.15, 0.2) is 0 Å². The molecule has 0 fully saturated rings. The Balaban J connectivity index is 2.04. The molecule has 0 amide bonds. The molecule has 0 aliphatic heterocycles. The maximum absolute atomic E-state index is 13.8. The number of rotatable bonds is 5. The molecule has 154 valence electrons. The van der Waals surface area contributed by atoms with Crippen LogP contribution >= 0.6 is 0 Å². The molecule has 0 atom stereocenters. The summed E-state index contributed by atoms with van der Waals surface area (Å²) in [7, 11) is -5.44. The van der Waals surface area contributed by atoms with Crippen molar-refractivity contribution in [3.63, 3.8) is 0 Å². The van der Waals surface area contributed by atoms with Crippen LogP contribution in [-0.4, -0.2) is 29.6 Å². The van der Waals surface area contributed by atoms with Crippen molar-refractivity contribution in [3.8, 4) is 0 Å². The molecule has 0 saturated carbocycles. The Morgan fingerprint density at radius 2 is 1.72 bits per heavy atom. The minimum absolute atomic E-state index is 0.157. The molecular weight excluding hydrogens is 414 g/mol. The molecule has 29 heavy (non-hydrogen) atoms. The lowest BCUT2D eigenvalue weighted by molar-refractivity contribution is -0.137. The van der Waals surface area contributed by atoms with Gasteiger partial charge in [-0.15, -0.1) is 0 Å². The van der Waals surface area contributed by atoms with Gasteiger partial charge in [0, 0.05) is 16.6 Å². The van der Waals surface area contributed by atoms with Gasteiger partial charge in [0.25, 0.3) is 9.84 Å². The highest BCUT2D eigenvalue weighted by atomic mass is 32.2. The van der Waals surface area contributed by atoms with Gasteiger partial charge in [-0.05, 0) is 54.8 Å². The fraction of sp³-hybridized carbons (Fsp3) is 0.211. The highest BCUT2D eigenvalue weighted by molar-refractivity contribution is 7.92. The molecule has 5 nitrogen and oxygen atoms in total. The molecule has 1 N–H and O–H groups in total. The van der Waals surface area contributed by atoms with E-state index >= 15 is 0 Å². The lowest BCUT2D eigenvalue weighted by Gasteiger charge is -2.09. The number of benzene rings is 2. The highest BCUT2D eigenvalue weighted by Gasteiger charge is 2.46. The summed E-state index contributed by atoms with van der Waals surface area (Å²) in [6, 6.07) is 8.16. The molecule has 0 saturated heterocycles. The van der Waals surface area contributed by atoms with E-state index < -0.39 is 32.0 Å². The average Bonchev–Trinajstić information content (AvgIpc) is 2.86. The molecule has 0 spiro atoms. The molecule has 0 bridgehead atoms. The number of carboxylic acids is 1. The van der Waals surface area contributed by atoms with Crippen LogP contribution in [0.25, 0.3) is 10.9 Å². The maximum Gasteiger partial charge on any atom is 0.501 e. The Labute approximate surface area is 163 Å². The van der Waals surface area contributed by atoms with Crippen molar-refractivity contribution in [2.75, 3.05) is 0 Å². The second kappa shape index (κ2) is 7.18. The van der Waals surface area contributed by atoms with Crippen LogP contribution in [0.4, 0.5) is 17.6 Å². The van der Waals surface area contributed by atoms with Crippen LogP contribution in [-0.2, 0) is 27.6 Å². The summed E-state index contributed by atoms with van der Waals surface area (Å²) in [5.41, 5.74) is -3.22. The zero-order chi connectivity index (χ0) is 21.6. The molecule has 0 radical (unpaired) electrons. The first-order valence-electron chi connectivity index (χ1n) is 8.31. The molecule has 1 aromatic heterocycles. The second-order valence-corrected chi connectivity index (χ2v) is 8.42. The topological polar surface area (TPSA) is 76.4 Å². The molecule has 0 aliphatic rings. The molecule has 1 heterocycles. The van der Waals surface area contributed by atoms with Crippen molar-refractivity contribution < 1.29 is 35.9 Å². The minimum atomic E-state index is -5.44. The average molecular weight is 429 g/mol. The fourth-order valence-corrected chi connectivity index (χ4v) is 3.97. The Morgan fingerprint density at radius 3 is 2.28 bits per heavy atom. The van der Waals surface area contributed by atoms with E-state index in [9.17, 15) is 30.8 Å². The van der Waals surface area contributed by atoms with Crippen LogP contribution in [0, 0.1) is 12.7 Å². The number of hydrogen-bond acceptors (Lipinski definition) is 3.